The van der Waals surface area contributed by atoms with Crippen LogP contribution in [0.4, 0.5) is 12.9 Å². The van der Waals surface area contributed by atoms with Crippen LogP contribution in [0.5, 0.6) is 0 Å². The summed E-state index contributed by atoms with van der Waals surface area (Å²) in [6.45, 7) is -4.87. The molecule has 1 heterocycles. The molecule has 16 heavy (non-hydrogen) atoms. The third-order valence-electron chi connectivity index (χ3n) is 1.95. The predicted molar refractivity (Wildman–Crippen MR) is 54.2 cm³/mol. The van der Waals surface area contributed by atoms with Crippen LogP contribution in [0.15, 0.2) is 30.5 Å². The fraction of sp³-hybridized carbons (Fsp3) is 0. The van der Waals surface area contributed by atoms with Crippen molar-refractivity contribution < 1.29 is 64.3 Å². The average Bonchev–Trinajstić information content (AvgIpc) is 2.60. The first kappa shape index (κ1) is 14.0. The maximum absolute atomic E-state index is 12.0. The Labute approximate surface area is 133 Å². The fourth-order valence-corrected chi connectivity index (χ4v) is 1.28. The van der Waals surface area contributed by atoms with Crippen LogP contribution in [0.25, 0.3) is 17.1 Å². The molecule has 0 saturated heterocycles. The first-order valence-corrected chi connectivity index (χ1v) is 4.37. The molecule has 2 rings (SSSR count). The predicted octanol–water partition coefficient (Wildman–Crippen LogP) is -0.0333. The molecule has 0 radical (unpaired) electrons. The Hall–Kier alpha value is -0.0787. The minimum Gasteiger partial charge on any atom is -0.445 e. The molecule has 0 bridgehead atoms. The summed E-state index contributed by atoms with van der Waals surface area (Å²) in [5.41, 5.74) is 1.97. The van der Waals surface area contributed by atoms with E-state index in [-0.39, 0.29) is 57.4 Å². The van der Waals surface area contributed by atoms with Crippen molar-refractivity contribution in [2.75, 3.05) is 0 Å². The standard InChI is InChI=1S/C9H7BF3N2.K/c11-10(12,13)4-3-7-1-2-8-9(5-7)15-6-14-8;/h1-6H,(H,14,15);/q-1;+1/b4-3+;. The minimum absolute atomic E-state index is 0. The van der Waals surface area contributed by atoms with E-state index in [0.29, 0.717) is 5.56 Å². The van der Waals surface area contributed by atoms with Gasteiger partial charge in [0.1, 0.15) is 0 Å². The second-order valence-electron chi connectivity index (χ2n) is 3.16. The Morgan fingerprint density at radius 2 is 2.00 bits per heavy atom. The number of benzene rings is 1. The van der Waals surface area contributed by atoms with Gasteiger partial charge in [-0.2, -0.15) is 0 Å². The van der Waals surface area contributed by atoms with Gasteiger partial charge in [-0.15, -0.1) is 5.98 Å². The van der Waals surface area contributed by atoms with Crippen LogP contribution in [0.3, 0.4) is 0 Å². The molecule has 0 unspecified atom stereocenters. The van der Waals surface area contributed by atoms with E-state index < -0.39 is 6.98 Å². The molecule has 0 aliphatic carbocycles. The topological polar surface area (TPSA) is 28.7 Å². The molecule has 0 amide bonds. The van der Waals surface area contributed by atoms with Crippen molar-refractivity contribution in [3.05, 3.63) is 36.1 Å². The maximum Gasteiger partial charge on any atom is 1.00 e. The average molecular weight is 250 g/mol. The van der Waals surface area contributed by atoms with Crippen LogP contribution in [0, 0.1) is 0 Å². The molecule has 1 aromatic carbocycles. The zero-order valence-corrected chi connectivity index (χ0v) is 11.7. The zero-order chi connectivity index (χ0) is 10.9. The van der Waals surface area contributed by atoms with Gasteiger partial charge in [0.15, 0.2) is 0 Å². The van der Waals surface area contributed by atoms with Crippen molar-refractivity contribution in [3.63, 3.8) is 0 Å². The maximum atomic E-state index is 12.0. The minimum atomic E-state index is -4.87. The molecule has 0 spiro atoms. The molecule has 0 atom stereocenters. The monoisotopic (exact) mass is 250 g/mol. The van der Waals surface area contributed by atoms with Gasteiger partial charge in [-0.25, -0.2) is 4.98 Å². The van der Waals surface area contributed by atoms with Crippen LogP contribution in [0.1, 0.15) is 5.56 Å². The number of halogens is 3. The van der Waals surface area contributed by atoms with E-state index in [1.807, 2.05) is 0 Å². The Bertz CT molecular complexity index is 507. The van der Waals surface area contributed by atoms with Gasteiger partial charge in [-0.1, -0.05) is 12.1 Å². The summed E-state index contributed by atoms with van der Waals surface area (Å²) in [6.07, 6.45) is 2.56. The van der Waals surface area contributed by atoms with E-state index >= 15 is 0 Å². The summed E-state index contributed by atoms with van der Waals surface area (Å²) < 4.78 is 35.9. The van der Waals surface area contributed by atoms with Crippen LogP contribution in [-0.4, -0.2) is 16.9 Å². The largest absolute Gasteiger partial charge is 1.00 e. The molecular weight excluding hydrogens is 243 g/mol. The number of aromatic nitrogens is 2. The molecule has 78 valence electrons. The number of imidazole rings is 1. The molecule has 1 N–H and O–H groups in total. The third kappa shape index (κ3) is 3.74. The van der Waals surface area contributed by atoms with Crippen molar-refractivity contribution >= 4 is 24.1 Å². The molecule has 0 saturated carbocycles. The first-order chi connectivity index (χ1) is 7.04. The summed E-state index contributed by atoms with van der Waals surface area (Å²) in [5.74, 6) is 0.275. The SMILES string of the molecule is F[B-](F)(F)/C=C/c1ccc2nc[nH]c2c1.[K+]. The van der Waals surface area contributed by atoms with Crippen LogP contribution in [0.2, 0.25) is 0 Å². The van der Waals surface area contributed by atoms with Gasteiger partial charge in [-0.05, 0) is 17.7 Å². The summed E-state index contributed by atoms with van der Waals surface area (Å²) in [7, 11) is 0. The first-order valence-electron chi connectivity index (χ1n) is 4.37. The molecule has 0 fully saturated rings. The summed E-state index contributed by atoms with van der Waals surface area (Å²) in [5, 5.41) is 0. The second-order valence-corrected chi connectivity index (χ2v) is 3.16. The summed E-state index contributed by atoms with van der Waals surface area (Å²) >= 11 is 0. The number of nitrogens with zero attached hydrogens (tertiary/aromatic N) is 1. The van der Waals surface area contributed by atoms with Gasteiger partial charge in [0.2, 0.25) is 0 Å². The van der Waals surface area contributed by atoms with Gasteiger partial charge in [0.05, 0.1) is 17.4 Å². The molecule has 7 heteroatoms. The smallest absolute Gasteiger partial charge is 0.445 e. The Morgan fingerprint density at radius 3 is 2.69 bits per heavy atom. The molecule has 2 aromatic rings. The number of rotatable bonds is 2. The van der Waals surface area contributed by atoms with E-state index in [0.717, 1.165) is 17.1 Å². The number of fused-ring (bicyclic) bond motifs is 1. The summed E-state index contributed by atoms with van der Waals surface area (Å²) in [6, 6.07) is 4.90. The summed E-state index contributed by atoms with van der Waals surface area (Å²) in [4.78, 5) is 6.81. The van der Waals surface area contributed by atoms with Gasteiger partial charge in [0.25, 0.3) is 0 Å². The number of H-pyrrole nitrogens is 1. The van der Waals surface area contributed by atoms with Gasteiger partial charge < -0.3 is 17.9 Å². The van der Waals surface area contributed by atoms with Crippen LogP contribution in [-0.2, 0) is 0 Å². The van der Waals surface area contributed by atoms with Gasteiger partial charge in [-0.3, -0.25) is 0 Å². The number of nitrogens with one attached hydrogen (secondary N) is 1. The van der Waals surface area contributed by atoms with Crippen molar-refractivity contribution in [2.24, 2.45) is 0 Å². The van der Waals surface area contributed by atoms with Crippen molar-refractivity contribution in [1.82, 2.24) is 9.97 Å². The molecule has 1 aromatic heterocycles. The van der Waals surface area contributed by atoms with E-state index in [1.165, 1.54) is 6.33 Å². The van der Waals surface area contributed by atoms with E-state index in [4.69, 9.17) is 0 Å². The van der Waals surface area contributed by atoms with Crippen LogP contribution >= 0.6 is 0 Å². The van der Waals surface area contributed by atoms with Gasteiger partial charge >= 0.3 is 58.4 Å². The molecule has 0 aliphatic heterocycles. The quantitative estimate of drug-likeness (QED) is 0.745. The van der Waals surface area contributed by atoms with E-state index in [9.17, 15) is 12.9 Å². The number of hydrogen-bond donors (Lipinski definition) is 1. The molecular formula is C9H7BF3KN2. The number of aromatic amines is 1. The van der Waals surface area contributed by atoms with Crippen LogP contribution < -0.4 is 51.4 Å². The molecule has 0 aliphatic rings. The molecule has 2 nitrogen and oxygen atoms in total. The zero-order valence-electron chi connectivity index (χ0n) is 8.62. The second kappa shape index (κ2) is 5.50. The normalized spacial score (nSPS) is 11.9. The van der Waals surface area contributed by atoms with Crippen molar-refractivity contribution in [2.45, 2.75) is 0 Å². The van der Waals surface area contributed by atoms with E-state index in [1.54, 1.807) is 18.2 Å². The fourth-order valence-electron chi connectivity index (χ4n) is 1.28. The number of hydrogen-bond acceptors (Lipinski definition) is 1. The Morgan fingerprint density at radius 1 is 1.25 bits per heavy atom. The Balaban J connectivity index is 0.00000128. The van der Waals surface area contributed by atoms with Crippen molar-refractivity contribution in [3.8, 4) is 0 Å². The van der Waals surface area contributed by atoms with Crippen molar-refractivity contribution in [1.29, 1.82) is 0 Å². The Kier molecular flexibility index (Phi) is 4.81. The third-order valence-corrected chi connectivity index (χ3v) is 1.95. The van der Waals surface area contributed by atoms with Gasteiger partial charge in [0, 0.05) is 0 Å². The van der Waals surface area contributed by atoms with E-state index in [2.05, 4.69) is 9.97 Å².